The van der Waals surface area contributed by atoms with Crippen molar-refractivity contribution in [2.24, 2.45) is 0 Å². The number of aromatic nitrogens is 1. The summed E-state index contributed by atoms with van der Waals surface area (Å²) in [4.78, 5) is 4.17. The quantitative estimate of drug-likeness (QED) is 0.932. The van der Waals surface area contributed by atoms with Crippen LogP contribution in [0.15, 0.2) is 41.0 Å². The lowest BCUT2D eigenvalue weighted by Gasteiger charge is -2.10. The molecule has 1 aromatic heterocycles. The number of rotatable bonds is 3. The molecule has 1 aromatic carbocycles. The highest BCUT2D eigenvalue weighted by Gasteiger charge is 2.07. The van der Waals surface area contributed by atoms with Crippen molar-refractivity contribution in [3.05, 3.63) is 52.3 Å². The highest BCUT2D eigenvalue weighted by atomic mass is 79.9. The van der Waals surface area contributed by atoms with Crippen LogP contribution in [-0.2, 0) is 0 Å². The van der Waals surface area contributed by atoms with Gasteiger partial charge in [-0.1, -0.05) is 6.07 Å². The summed E-state index contributed by atoms with van der Waals surface area (Å²) < 4.78 is 6.51. The Labute approximate surface area is 115 Å². The fourth-order valence-electron chi connectivity index (χ4n) is 1.50. The zero-order chi connectivity index (χ0) is 13.1. The predicted octanol–water partition coefficient (Wildman–Crippen LogP) is 4.00. The third-order valence-electron chi connectivity index (χ3n) is 2.55. The molecule has 4 heteroatoms. The van der Waals surface area contributed by atoms with Gasteiger partial charge in [0.25, 0.3) is 0 Å². The number of aliphatic hydroxyl groups is 1. The van der Waals surface area contributed by atoms with Gasteiger partial charge in [0.2, 0.25) is 0 Å². The number of ether oxygens (including phenoxy) is 1. The van der Waals surface area contributed by atoms with Crippen LogP contribution in [0.1, 0.15) is 24.3 Å². The van der Waals surface area contributed by atoms with Gasteiger partial charge in [-0.05, 0) is 59.6 Å². The van der Waals surface area contributed by atoms with Gasteiger partial charge in [0, 0.05) is 5.69 Å². The molecule has 94 valence electrons. The van der Waals surface area contributed by atoms with E-state index in [0.29, 0.717) is 11.5 Å². The third kappa shape index (κ3) is 3.09. The summed E-state index contributed by atoms with van der Waals surface area (Å²) in [5, 5.41) is 9.49. The topological polar surface area (TPSA) is 42.4 Å². The van der Waals surface area contributed by atoms with Gasteiger partial charge in [-0.15, -0.1) is 0 Å². The van der Waals surface area contributed by atoms with Gasteiger partial charge in [0.05, 0.1) is 16.8 Å². The van der Waals surface area contributed by atoms with Crippen molar-refractivity contribution >= 4 is 15.9 Å². The molecule has 0 amide bonds. The molecule has 0 radical (unpaired) electrons. The molecule has 18 heavy (non-hydrogen) atoms. The monoisotopic (exact) mass is 307 g/mol. The molecule has 2 rings (SSSR count). The van der Waals surface area contributed by atoms with Crippen LogP contribution < -0.4 is 4.74 Å². The van der Waals surface area contributed by atoms with E-state index in [2.05, 4.69) is 20.9 Å². The highest BCUT2D eigenvalue weighted by molar-refractivity contribution is 9.10. The van der Waals surface area contributed by atoms with Crippen LogP contribution in [0.3, 0.4) is 0 Å². The maximum absolute atomic E-state index is 9.49. The molecular formula is C14H14BrNO2. The van der Waals surface area contributed by atoms with Gasteiger partial charge < -0.3 is 9.84 Å². The van der Waals surface area contributed by atoms with Gasteiger partial charge >= 0.3 is 0 Å². The molecule has 1 N–H and O–H groups in total. The van der Waals surface area contributed by atoms with E-state index in [1.807, 2.05) is 37.3 Å². The first-order valence-electron chi connectivity index (χ1n) is 5.64. The zero-order valence-corrected chi connectivity index (χ0v) is 11.8. The number of benzene rings is 1. The van der Waals surface area contributed by atoms with Crippen LogP contribution in [-0.4, -0.2) is 10.1 Å². The van der Waals surface area contributed by atoms with Crippen LogP contribution in [0.25, 0.3) is 0 Å². The van der Waals surface area contributed by atoms with E-state index in [9.17, 15) is 5.11 Å². The standard InChI is InChI=1S/C14H14BrNO2/c1-9-3-5-12(8-16-9)18-14-6-4-11(10(2)17)7-13(14)15/h3-8,10,17H,1-2H3/t10-/m0/s1. The maximum Gasteiger partial charge on any atom is 0.145 e. The molecule has 0 bridgehead atoms. The number of pyridine rings is 1. The van der Waals surface area contributed by atoms with E-state index in [0.717, 1.165) is 15.7 Å². The number of aliphatic hydroxyl groups excluding tert-OH is 1. The molecule has 0 aliphatic heterocycles. The molecule has 0 spiro atoms. The summed E-state index contributed by atoms with van der Waals surface area (Å²) in [5.74, 6) is 1.39. The summed E-state index contributed by atoms with van der Waals surface area (Å²) in [5.41, 5.74) is 1.79. The number of halogens is 1. The summed E-state index contributed by atoms with van der Waals surface area (Å²) in [6.45, 7) is 3.66. The van der Waals surface area contributed by atoms with Crippen molar-refractivity contribution < 1.29 is 9.84 Å². The minimum Gasteiger partial charge on any atom is -0.455 e. The van der Waals surface area contributed by atoms with Gasteiger partial charge in [0.15, 0.2) is 0 Å². The molecular weight excluding hydrogens is 294 g/mol. The Bertz CT molecular complexity index is 538. The van der Waals surface area contributed by atoms with E-state index in [1.165, 1.54) is 0 Å². The second-order valence-corrected chi connectivity index (χ2v) is 4.96. The SMILES string of the molecule is Cc1ccc(Oc2ccc([C@H](C)O)cc2Br)cn1. The molecule has 0 aliphatic rings. The Balaban J connectivity index is 2.22. The Morgan fingerprint density at radius 2 is 2.06 bits per heavy atom. The Hall–Kier alpha value is -1.39. The fourth-order valence-corrected chi connectivity index (χ4v) is 1.98. The number of aryl methyl sites for hydroxylation is 1. The number of nitrogens with zero attached hydrogens (tertiary/aromatic N) is 1. The van der Waals surface area contributed by atoms with Crippen LogP contribution in [0.5, 0.6) is 11.5 Å². The van der Waals surface area contributed by atoms with Gasteiger partial charge in [-0.2, -0.15) is 0 Å². The predicted molar refractivity (Wildman–Crippen MR) is 73.8 cm³/mol. The Morgan fingerprint density at radius 3 is 2.61 bits per heavy atom. The van der Waals surface area contributed by atoms with Crippen molar-refractivity contribution in [3.63, 3.8) is 0 Å². The van der Waals surface area contributed by atoms with Crippen molar-refractivity contribution in [2.75, 3.05) is 0 Å². The lowest BCUT2D eigenvalue weighted by molar-refractivity contribution is 0.199. The van der Waals surface area contributed by atoms with Gasteiger partial charge in [-0.3, -0.25) is 4.98 Å². The normalized spacial score (nSPS) is 12.2. The number of hydrogen-bond acceptors (Lipinski definition) is 3. The average Bonchev–Trinajstić information content (AvgIpc) is 2.34. The highest BCUT2D eigenvalue weighted by Crippen LogP contribution is 2.31. The van der Waals surface area contributed by atoms with Crippen molar-refractivity contribution in [3.8, 4) is 11.5 Å². The van der Waals surface area contributed by atoms with E-state index in [-0.39, 0.29) is 0 Å². The Kier molecular flexibility index (Phi) is 3.99. The summed E-state index contributed by atoms with van der Waals surface area (Å²) in [7, 11) is 0. The molecule has 0 fully saturated rings. The van der Waals surface area contributed by atoms with E-state index in [1.54, 1.807) is 13.1 Å². The first-order valence-corrected chi connectivity index (χ1v) is 6.43. The molecule has 0 saturated carbocycles. The minimum absolute atomic E-state index is 0.489. The second kappa shape index (κ2) is 5.50. The molecule has 0 unspecified atom stereocenters. The van der Waals surface area contributed by atoms with Crippen LogP contribution in [0, 0.1) is 6.92 Å². The molecule has 1 heterocycles. The number of hydrogen-bond donors (Lipinski definition) is 1. The first kappa shape index (κ1) is 13.1. The van der Waals surface area contributed by atoms with E-state index < -0.39 is 6.10 Å². The summed E-state index contributed by atoms with van der Waals surface area (Å²) in [6, 6.07) is 9.28. The maximum atomic E-state index is 9.49. The molecule has 0 aliphatic carbocycles. The molecule has 0 saturated heterocycles. The fraction of sp³-hybridized carbons (Fsp3) is 0.214. The zero-order valence-electron chi connectivity index (χ0n) is 10.2. The molecule has 1 atom stereocenters. The average molecular weight is 308 g/mol. The van der Waals surface area contributed by atoms with E-state index >= 15 is 0 Å². The molecule has 2 aromatic rings. The van der Waals surface area contributed by atoms with Crippen LogP contribution in [0.4, 0.5) is 0 Å². The largest absolute Gasteiger partial charge is 0.455 e. The van der Waals surface area contributed by atoms with Crippen molar-refractivity contribution in [1.82, 2.24) is 4.98 Å². The van der Waals surface area contributed by atoms with Gasteiger partial charge in [-0.25, -0.2) is 0 Å². The smallest absolute Gasteiger partial charge is 0.145 e. The lowest BCUT2D eigenvalue weighted by atomic mass is 10.1. The van der Waals surface area contributed by atoms with Crippen molar-refractivity contribution in [1.29, 1.82) is 0 Å². The van der Waals surface area contributed by atoms with Crippen molar-refractivity contribution in [2.45, 2.75) is 20.0 Å². The lowest BCUT2D eigenvalue weighted by Crippen LogP contribution is -1.93. The second-order valence-electron chi connectivity index (χ2n) is 4.10. The van der Waals surface area contributed by atoms with Gasteiger partial charge in [0.1, 0.15) is 11.5 Å². The third-order valence-corrected chi connectivity index (χ3v) is 3.17. The molecule has 3 nitrogen and oxygen atoms in total. The van der Waals surface area contributed by atoms with E-state index in [4.69, 9.17) is 4.74 Å². The summed E-state index contributed by atoms with van der Waals surface area (Å²) in [6.07, 6.45) is 1.20. The Morgan fingerprint density at radius 1 is 1.28 bits per heavy atom. The minimum atomic E-state index is -0.489. The summed E-state index contributed by atoms with van der Waals surface area (Å²) >= 11 is 3.43. The first-order chi connectivity index (χ1) is 8.56. The van der Waals surface area contributed by atoms with Crippen LogP contribution >= 0.6 is 15.9 Å². The van der Waals surface area contributed by atoms with Crippen LogP contribution in [0.2, 0.25) is 0 Å².